The van der Waals surface area contributed by atoms with Crippen molar-refractivity contribution in [2.24, 2.45) is 5.73 Å². The van der Waals surface area contributed by atoms with Crippen molar-refractivity contribution in [2.45, 2.75) is 19.4 Å². The zero-order valence-corrected chi connectivity index (χ0v) is 9.32. The standard InChI is InChI=1S/C9H9Cl2N3/c1-9(2,12)4-3-8-13-6(10)5-7(11)14-8/h5H,12H2,1-2H3. The van der Waals surface area contributed by atoms with Crippen molar-refractivity contribution in [3.8, 4) is 11.8 Å². The zero-order valence-electron chi connectivity index (χ0n) is 7.81. The number of nitrogens with zero attached hydrogens (tertiary/aromatic N) is 2. The van der Waals surface area contributed by atoms with Crippen molar-refractivity contribution in [2.75, 3.05) is 0 Å². The zero-order chi connectivity index (χ0) is 10.8. The second kappa shape index (κ2) is 4.14. The molecule has 0 saturated carbocycles. The van der Waals surface area contributed by atoms with E-state index in [1.165, 1.54) is 6.07 Å². The maximum Gasteiger partial charge on any atom is 0.207 e. The van der Waals surface area contributed by atoms with E-state index < -0.39 is 5.54 Å². The third kappa shape index (κ3) is 3.93. The minimum Gasteiger partial charge on any atom is -0.316 e. The molecule has 0 unspecified atom stereocenters. The molecule has 0 saturated heterocycles. The van der Waals surface area contributed by atoms with Crippen molar-refractivity contribution >= 4 is 23.2 Å². The molecule has 0 atom stereocenters. The summed E-state index contributed by atoms with van der Waals surface area (Å²) < 4.78 is 0. The van der Waals surface area contributed by atoms with Crippen LogP contribution in [0.4, 0.5) is 0 Å². The van der Waals surface area contributed by atoms with E-state index in [0.717, 1.165) is 0 Å². The molecule has 0 fully saturated rings. The lowest BCUT2D eigenvalue weighted by Crippen LogP contribution is -2.29. The minimum atomic E-state index is -0.585. The van der Waals surface area contributed by atoms with Gasteiger partial charge in [0.05, 0.1) is 5.54 Å². The predicted molar refractivity (Wildman–Crippen MR) is 57.2 cm³/mol. The Morgan fingerprint density at radius 1 is 1.29 bits per heavy atom. The van der Waals surface area contributed by atoms with E-state index in [1.807, 2.05) is 0 Å². The Kier molecular flexibility index (Phi) is 3.33. The van der Waals surface area contributed by atoms with Crippen LogP contribution in [0.1, 0.15) is 19.7 Å². The molecule has 0 aliphatic carbocycles. The van der Waals surface area contributed by atoms with Gasteiger partial charge in [-0.25, -0.2) is 9.97 Å². The number of rotatable bonds is 0. The van der Waals surface area contributed by atoms with E-state index in [4.69, 9.17) is 28.9 Å². The molecule has 1 aromatic heterocycles. The first-order valence-electron chi connectivity index (χ1n) is 3.89. The molecule has 5 heteroatoms. The van der Waals surface area contributed by atoms with Crippen LogP contribution < -0.4 is 5.73 Å². The average molecular weight is 230 g/mol. The van der Waals surface area contributed by atoms with Crippen molar-refractivity contribution in [1.29, 1.82) is 0 Å². The molecule has 0 aromatic carbocycles. The third-order valence-corrected chi connectivity index (χ3v) is 1.55. The number of hydrogen-bond acceptors (Lipinski definition) is 3. The van der Waals surface area contributed by atoms with Crippen molar-refractivity contribution in [1.82, 2.24) is 9.97 Å². The molecule has 3 nitrogen and oxygen atoms in total. The van der Waals surface area contributed by atoms with Crippen LogP contribution >= 0.6 is 23.2 Å². The highest BCUT2D eigenvalue weighted by atomic mass is 35.5. The molecule has 0 aliphatic rings. The van der Waals surface area contributed by atoms with Crippen molar-refractivity contribution in [3.63, 3.8) is 0 Å². The van der Waals surface area contributed by atoms with Crippen LogP contribution in [0.15, 0.2) is 6.07 Å². The van der Waals surface area contributed by atoms with E-state index in [1.54, 1.807) is 13.8 Å². The molecule has 0 radical (unpaired) electrons. The largest absolute Gasteiger partial charge is 0.316 e. The maximum absolute atomic E-state index is 5.67. The van der Waals surface area contributed by atoms with E-state index >= 15 is 0 Å². The van der Waals surface area contributed by atoms with Gasteiger partial charge in [-0.1, -0.05) is 29.1 Å². The summed E-state index contributed by atoms with van der Waals surface area (Å²) in [6.07, 6.45) is 0. The quantitative estimate of drug-likeness (QED) is 0.546. The van der Waals surface area contributed by atoms with Gasteiger partial charge in [0, 0.05) is 6.07 Å². The molecule has 1 rings (SSSR count). The summed E-state index contributed by atoms with van der Waals surface area (Å²) in [7, 11) is 0. The number of halogens is 2. The van der Waals surface area contributed by atoms with E-state index in [9.17, 15) is 0 Å². The average Bonchev–Trinajstić information content (AvgIpc) is 1.97. The Morgan fingerprint density at radius 2 is 1.79 bits per heavy atom. The summed E-state index contributed by atoms with van der Waals surface area (Å²) in [6, 6.07) is 1.45. The Labute approximate surface area is 92.6 Å². The van der Waals surface area contributed by atoms with E-state index in [-0.39, 0.29) is 16.1 Å². The van der Waals surface area contributed by atoms with Crippen LogP contribution in [-0.2, 0) is 0 Å². The smallest absolute Gasteiger partial charge is 0.207 e. The number of nitrogens with two attached hydrogens (primary N) is 1. The van der Waals surface area contributed by atoms with Gasteiger partial charge in [0.25, 0.3) is 0 Å². The minimum absolute atomic E-state index is 0.268. The van der Waals surface area contributed by atoms with Crippen molar-refractivity contribution < 1.29 is 0 Å². The predicted octanol–water partition coefficient (Wildman–Crippen LogP) is 1.87. The molecule has 0 spiro atoms. The van der Waals surface area contributed by atoms with Gasteiger partial charge in [-0.2, -0.15) is 0 Å². The first-order chi connectivity index (χ1) is 6.37. The fraction of sp³-hybridized carbons (Fsp3) is 0.333. The molecular formula is C9H9Cl2N3. The normalized spacial score (nSPS) is 10.6. The molecule has 2 N–H and O–H groups in total. The second-order valence-corrected chi connectivity index (χ2v) is 4.08. The Hall–Kier alpha value is -0.820. The summed E-state index contributed by atoms with van der Waals surface area (Å²) in [5.74, 6) is 5.76. The Bertz CT molecular complexity index is 378. The van der Waals surface area contributed by atoms with Gasteiger partial charge in [0.15, 0.2) is 0 Å². The highest BCUT2D eigenvalue weighted by Gasteiger charge is 2.04. The lowest BCUT2D eigenvalue weighted by molar-refractivity contribution is 0.680. The highest BCUT2D eigenvalue weighted by molar-refractivity contribution is 6.33. The van der Waals surface area contributed by atoms with Crippen LogP contribution in [0, 0.1) is 11.8 Å². The second-order valence-electron chi connectivity index (χ2n) is 3.31. The molecule has 0 bridgehead atoms. The van der Waals surface area contributed by atoms with Gasteiger partial charge in [-0.3, -0.25) is 0 Å². The third-order valence-electron chi connectivity index (χ3n) is 1.16. The summed E-state index contributed by atoms with van der Waals surface area (Å²) in [4.78, 5) is 7.76. The summed E-state index contributed by atoms with van der Waals surface area (Å²) in [5.41, 5.74) is 5.08. The fourth-order valence-electron chi connectivity index (χ4n) is 0.663. The molecular weight excluding hydrogens is 221 g/mol. The molecule has 74 valence electrons. The number of hydrogen-bond donors (Lipinski definition) is 1. The lowest BCUT2D eigenvalue weighted by Gasteiger charge is -2.07. The van der Waals surface area contributed by atoms with Crippen LogP contribution in [0.2, 0.25) is 10.3 Å². The van der Waals surface area contributed by atoms with Gasteiger partial charge in [-0.15, -0.1) is 0 Å². The van der Waals surface area contributed by atoms with Crippen LogP contribution in [0.3, 0.4) is 0 Å². The highest BCUT2D eigenvalue weighted by Crippen LogP contribution is 2.10. The first kappa shape index (κ1) is 11.3. The van der Waals surface area contributed by atoms with Crippen LogP contribution in [0.5, 0.6) is 0 Å². The fourth-order valence-corrected chi connectivity index (χ4v) is 1.09. The topological polar surface area (TPSA) is 51.8 Å². The van der Waals surface area contributed by atoms with Crippen LogP contribution in [-0.4, -0.2) is 15.5 Å². The molecule has 1 aromatic rings. The van der Waals surface area contributed by atoms with Gasteiger partial charge in [0.1, 0.15) is 10.3 Å². The van der Waals surface area contributed by atoms with E-state index in [2.05, 4.69) is 21.8 Å². The monoisotopic (exact) mass is 229 g/mol. The Balaban J connectivity index is 3.02. The van der Waals surface area contributed by atoms with Crippen LogP contribution in [0.25, 0.3) is 0 Å². The summed E-state index contributed by atoms with van der Waals surface area (Å²) in [6.45, 7) is 3.57. The molecule has 0 aliphatic heterocycles. The Morgan fingerprint density at radius 3 is 2.21 bits per heavy atom. The van der Waals surface area contributed by atoms with Gasteiger partial charge >= 0.3 is 0 Å². The first-order valence-corrected chi connectivity index (χ1v) is 4.64. The SMILES string of the molecule is CC(C)(N)C#Cc1nc(Cl)cc(Cl)n1. The lowest BCUT2D eigenvalue weighted by atomic mass is 10.1. The molecule has 0 amide bonds. The van der Waals surface area contributed by atoms with Crippen molar-refractivity contribution in [3.05, 3.63) is 22.2 Å². The molecule has 1 heterocycles. The maximum atomic E-state index is 5.67. The van der Waals surface area contributed by atoms with Gasteiger partial charge < -0.3 is 5.73 Å². The van der Waals surface area contributed by atoms with E-state index in [0.29, 0.717) is 0 Å². The van der Waals surface area contributed by atoms with Gasteiger partial charge in [-0.05, 0) is 19.8 Å². The molecule has 14 heavy (non-hydrogen) atoms. The summed E-state index contributed by atoms with van der Waals surface area (Å²) >= 11 is 11.3. The van der Waals surface area contributed by atoms with Gasteiger partial charge in [0.2, 0.25) is 5.82 Å². The summed E-state index contributed by atoms with van der Waals surface area (Å²) in [5, 5.41) is 0.535. The number of aromatic nitrogens is 2.